The smallest absolute Gasteiger partial charge is 0.142 e. The normalized spacial score (nSPS) is 15.1. The fraction of sp³-hybridized carbons (Fsp3) is 0.462. The molecule has 0 aromatic carbocycles. The summed E-state index contributed by atoms with van der Waals surface area (Å²) in [6.45, 7) is 7.84. The lowest BCUT2D eigenvalue weighted by molar-refractivity contribution is 0.314. The molecule has 0 aliphatic rings. The van der Waals surface area contributed by atoms with E-state index in [0.717, 1.165) is 22.9 Å². The molecule has 90 valence electrons. The van der Waals surface area contributed by atoms with Crippen molar-refractivity contribution in [2.45, 2.75) is 27.7 Å². The predicted octanol–water partition coefficient (Wildman–Crippen LogP) is 3.02. The van der Waals surface area contributed by atoms with Gasteiger partial charge in [0.1, 0.15) is 5.76 Å². The second-order valence-corrected chi connectivity index (χ2v) is 3.33. The van der Waals surface area contributed by atoms with Crippen LogP contribution in [0.15, 0.2) is 40.4 Å². The van der Waals surface area contributed by atoms with Gasteiger partial charge in [-0.05, 0) is 27.7 Å². The molecule has 0 aliphatic carbocycles. The first-order chi connectivity index (χ1) is 7.58. The van der Waals surface area contributed by atoms with E-state index in [0.29, 0.717) is 0 Å². The zero-order valence-electron chi connectivity index (χ0n) is 11.1. The summed E-state index contributed by atoms with van der Waals surface area (Å²) in [5.74, 6) is 0.767. The fourth-order valence-corrected chi connectivity index (χ4v) is 1.14. The summed E-state index contributed by atoms with van der Waals surface area (Å²) in [5, 5.41) is 3.07. The second kappa shape index (κ2) is 7.74. The van der Waals surface area contributed by atoms with E-state index in [1.54, 1.807) is 7.11 Å². The van der Waals surface area contributed by atoms with Gasteiger partial charge in [-0.25, -0.2) is 0 Å². The Labute approximate surface area is 98.6 Å². The Bertz CT molecular complexity index is 336. The highest BCUT2D eigenvalue weighted by Gasteiger charge is 2.02. The zero-order valence-corrected chi connectivity index (χ0v) is 11.1. The standard InChI is InChI=1S/C13H22N2O/c1-7-10(3)15-11(4)13(16-6)9-12(8-2)14-5/h7-9,14H,1-6H3/b10-7-,12-8+,13-9+,15-11+. The molecule has 0 bridgehead atoms. The molecule has 0 radical (unpaired) electrons. The van der Waals surface area contributed by atoms with Gasteiger partial charge in [-0.15, -0.1) is 0 Å². The molecule has 0 aromatic rings. The molecule has 1 N–H and O–H groups in total. The number of rotatable bonds is 5. The van der Waals surface area contributed by atoms with Crippen LogP contribution in [0.2, 0.25) is 0 Å². The van der Waals surface area contributed by atoms with E-state index in [9.17, 15) is 0 Å². The number of nitrogens with one attached hydrogen (secondary N) is 1. The van der Waals surface area contributed by atoms with Gasteiger partial charge in [0.15, 0.2) is 0 Å². The first kappa shape index (κ1) is 14.5. The second-order valence-electron chi connectivity index (χ2n) is 3.33. The van der Waals surface area contributed by atoms with E-state index in [4.69, 9.17) is 4.74 Å². The van der Waals surface area contributed by atoms with Crippen molar-refractivity contribution in [1.82, 2.24) is 5.32 Å². The van der Waals surface area contributed by atoms with Crippen molar-refractivity contribution in [3.63, 3.8) is 0 Å². The van der Waals surface area contributed by atoms with Crippen molar-refractivity contribution >= 4 is 5.71 Å². The molecule has 0 atom stereocenters. The van der Waals surface area contributed by atoms with Crippen LogP contribution in [0.1, 0.15) is 27.7 Å². The van der Waals surface area contributed by atoms with Crippen LogP contribution in [0.5, 0.6) is 0 Å². The van der Waals surface area contributed by atoms with Crippen LogP contribution < -0.4 is 5.32 Å². The highest BCUT2D eigenvalue weighted by molar-refractivity contribution is 5.97. The summed E-state index contributed by atoms with van der Waals surface area (Å²) in [6, 6.07) is 0. The summed E-state index contributed by atoms with van der Waals surface area (Å²) in [6.07, 6.45) is 5.88. The third-order valence-electron chi connectivity index (χ3n) is 2.22. The number of methoxy groups -OCH3 is 1. The lowest BCUT2D eigenvalue weighted by Crippen LogP contribution is -2.07. The molecular formula is C13H22N2O. The molecule has 16 heavy (non-hydrogen) atoms. The van der Waals surface area contributed by atoms with Crippen molar-refractivity contribution < 1.29 is 4.74 Å². The number of allylic oxidation sites excluding steroid dienone is 5. The molecule has 0 heterocycles. The van der Waals surface area contributed by atoms with E-state index in [1.165, 1.54) is 0 Å². The van der Waals surface area contributed by atoms with Crippen LogP contribution in [-0.2, 0) is 4.74 Å². The molecule has 0 aliphatic heterocycles. The Morgan fingerprint density at radius 3 is 2.19 bits per heavy atom. The minimum atomic E-state index is 0.767. The van der Waals surface area contributed by atoms with Crippen molar-refractivity contribution in [1.29, 1.82) is 0 Å². The monoisotopic (exact) mass is 222 g/mol. The first-order valence-electron chi connectivity index (χ1n) is 5.37. The molecule has 3 heteroatoms. The van der Waals surface area contributed by atoms with E-state index in [1.807, 2.05) is 53.0 Å². The van der Waals surface area contributed by atoms with Crippen LogP contribution in [-0.4, -0.2) is 19.9 Å². The van der Waals surface area contributed by atoms with Gasteiger partial charge in [0, 0.05) is 24.5 Å². The topological polar surface area (TPSA) is 33.6 Å². The molecule has 0 saturated heterocycles. The van der Waals surface area contributed by atoms with Crippen LogP contribution in [0, 0.1) is 0 Å². The van der Waals surface area contributed by atoms with Crippen molar-refractivity contribution in [2.75, 3.05) is 14.2 Å². The maximum absolute atomic E-state index is 5.31. The number of nitrogens with zero attached hydrogens (tertiary/aromatic N) is 1. The largest absolute Gasteiger partial charge is 0.495 e. The summed E-state index contributed by atoms with van der Waals surface area (Å²) >= 11 is 0. The van der Waals surface area contributed by atoms with Gasteiger partial charge in [0.05, 0.1) is 12.8 Å². The van der Waals surface area contributed by atoms with Crippen LogP contribution in [0.4, 0.5) is 0 Å². The summed E-state index contributed by atoms with van der Waals surface area (Å²) in [5.41, 5.74) is 2.85. The number of aliphatic imine (C=N–C) groups is 1. The molecule has 0 aromatic heterocycles. The molecule has 0 spiro atoms. The molecule has 0 amide bonds. The number of hydrogen-bond acceptors (Lipinski definition) is 3. The molecule has 3 nitrogen and oxygen atoms in total. The Morgan fingerprint density at radius 1 is 1.19 bits per heavy atom. The Kier molecular flexibility index (Phi) is 7.01. The lowest BCUT2D eigenvalue weighted by atomic mass is 10.2. The van der Waals surface area contributed by atoms with E-state index < -0.39 is 0 Å². The average Bonchev–Trinajstić information content (AvgIpc) is 2.30. The maximum atomic E-state index is 5.31. The number of hydrogen-bond donors (Lipinski definition) is 1. The van der Waals surface area contributed by atoms with E-state index >= 15 is 0 Å². The van der Waals surface area contributed by atoms with E-state index in [-0.39, 0.29) is 0 Å². The van der Waals surface area contributed by atoms with Gasteiger partial charge in [-0.3, -0.25) is 4.99 Å². The summed E-state index contributed by atoms with van der Waals surface area (Å²) in [4.78, 5) is 4.42. The highest BCUT2D eigenvalue weighted by atomic mass is 16.5. The summed E-state index contributed by atoms with van der Waals surface area (Å²) < 4.78 is 5.31. The van der Waals surface area contributed by atoms with Gasteiger partial charge < -0.3 is 10.1 Å². The molecular weight excluding hydrogens is 200 g/mol. The van der Waals surface area contributed by atoms with Crippen molar-refractivity contribution in [2.24, 2.45) is 4.99 Å². The third kappa shape index (κ3) is 4.82. The van der Waals surface area contributed by atoms with Gasteiger partial charge >= 0.3 is 0 Å². The molecule has 0 fully saturated rings. The number of ether oxygens (including phenoxy) is 1. The van der Waals surface area contributed by atoms with Crippen molar-refractivity contribution in [3.05, 3.63) is 35.4 Å². The molecule has 0 rings (SSSR count). The minimum absolute atomic E-state index is 0.767. The van der Waals surface area contributed by atoms with Gasteiger partial charge in [-0.2, -0.15) is 0 Å². The van der Waals surface area contributed by atoms with E-state index in [2.05, 4.69) is 10.3 Å². The summed E-state index contributed by atoms with van der Waals surface area (Å²) in [7, 11) is 3.53. The average molecular weight is 222 g/mol. The quantitative estimate of drug-likeness (QED) is 0.441. The third-order valence-corrected chi connectivity index (χ3v) is 2.22. The lowest BCUT2D eigenvalue weighted by Gasteiger charge is -2.08. The molecule has 0 saturated carbocycles. The van der Waals surface area contributed by atoms with Crippen molar-refractivity contribution in [3.8, 4) is 0 Å². The highest BCUT2D eigenvalue weighted by Crippen LogP contribution is 2.06. The minimum Gasteiger partial charge on any atom is -0.495 e. The van der Waals surface area contributed by atoms with Crippen LogP contribution in [0.3, 0.4) is 0 Å². The predicted molar refractivity (Wildman–Crippen MR) is 70.4 cm³/mol. The Hall–Kier alpha value is -1.51. The molecule has 0 unspecified atom stereocenters. The Morgan fingerprint density at radius 2 is 1.81 bits per heavy atom. The zero-order chi connectivity index (χ0) is 12.6. The van der Waals surface area contributed by atoms with Gasteiger partial charge in [0.2, 0.25) is 0 Å². The first-order valence-corrected chi connectivity index (χ1v) is 5.37. The fourth-order valence-electron chi connectivity index (χ4n) is 1.14. The van der Waals surface area contributed by atoms with Gasteiger partial charge in [-0.1, -0.05) is 12.2 Å². The SMILES string of the molecule is C\C=C(C)/N=C(C)/C(=C\C(=C/C)NC)OC. The van der Waals surface area contributed by atoms with Crippen LogP contribution in [0.25, 0.3) is 0 Å². The van der Waals surface area contributed by atoms with Gasteiger partial charge in [0.25, 0.3) is 0 Å². The Balaban J connectivity index is 5.07. The number of likely N-dealkylation sites (N-methyl/N-ethyl adjacent to an activating group) is 1. The maximum Gasteiger partial charge on any atom is 0.142 e. The van der Waals surface area contributed by atoms with Crippen LogP contribution >= 0.6 is 0 Å².